The number of aromatic nitrogens is 2. The summed E-state index contributed by atoms with van der Waals surface area (Å²) >= 11 is 0. The van der Waals surface area contributed by atoms with Gasteiger partial charge in [0.2, 0.25) is 0 Å². The summed E-state index contributed by atoms with van der Waals surface area (Å²) < 4.78 is 5.38. The van der Waals surface area contributed by atoms with Crippen molar-refractivity contribution in [2.24, 2.45) is 5.73 Å². The second-order valence-electron chi connectivity index (χ2n) is 3.69. The Bertz CT molecular complexity index is 331. The molecule has 2 rings (SSSR count). The maximum atomic E-state index is 5.54. The molecule has 1 aliphatic rings. The maximum Gasteiger partial charge on any atom is 0.147 e. The van der Waals surface area contributed by atoms with E-state index < -0.39 is 0 Å². The average Bonchev–Trinajstić information content (AvgIpc) is 2.30. The first-order valence-electron chi connectivity index (χ1n) is 5.16. The zero-order chi connectivity index (χ0) is 10.7. The third-order valence-corrected chi connectivity index (χ3v) is 2.54. The molecule has 1 aliphatic heterocycles. The molecule has 0 amide bonds. The van der Waals surface area contributed by atoms with Crippen LogP contribution in [0.25, 0.3) is 0 Å². The minimum absolute atomic E-state index is 0.348. The topological polar surface area (TPSA) is 64.3 Å². The number of nitrogens with two attached hydrogens (primary N) is 1. The van der Waals surface area contributed by atoms with Crippen molar-refractivity contribution in [1.29, 1.82) is 0 Å². The zero-order valence-corrected chi connectivity index (χ0v) is 8.89. The van der Waals surface area contributed by atoms with Crippen LogP contribution in [0.1, 0.15) is 12.6 Å². The molecule has 1 unspecified atom stereocenters. The van der Waals surface area contributed by atoms with E-state index in [0.29, 0.717) is 12.6 Å². The Hall–Kier alpha value is -1.20. The standard InChI is InChI=1S/C10H16N4O/c1-8-7-15-3-2-14(8)10-6-12-5-9(4-11)13-10/h5-6,8H,2-4,7,11H2,1H3. The molecule has 2 N–H and O–H groups in total. The highest BCUT2D eigenvalue weighted by atomic mass is 16.5. The molecule has 1 aromatic rings. The van der Waals surface area contributed by atoms with Gasteiger partial charge in [0, 0.05) is 19.3 Å². The lowest BCUT2D eigenvalue weighted by Gasteiger charge is -2.34. The average molecular weight is 208 g/mol. The molecule has 1 saturated heterocycles. The smallest absolute Gasteiger partial charge is 0.147 e. The minimum Gasteiger partial charge on any atom is -0.377 e. The number of hydrogen-bond acceptors (Lipinski definition) is 5. The summed E-state index contributed by atoms with van der Waals surface area (Å²) in [5, 5.41) is 0. The van der Waals surface area contributed by atoms with E-state index >= 15 is 0 Å². The van der Waals surface area contributed by atoms with Crippen molar-refractivity contribution in [3.63, 3.8) is 0 Å². The molecule has 0 radical (unpaired) electrons. The minimum atomic E-state index is 0.348. The molecule has 1 atom stereocenters. The van der Waals surface area contributed by atoms with Gasteiger partial charge < -0.3 is 15.4 Å². The van der Waals surface area contributed by atoms with Crippen LogP contribution in [0.15, 0.2) is 12.4 Å². The van der Waals surface area contributed by atoms with Crippen molar-refractivity contribution in [2.75, 3.05) is 24.7 Å². The van der Waals surface area contributed by atoms with Gasteiger partial charge in [-0.25, -0.2) is 4.98 Å². The van der Waals surface area contributed by atoms with Crippen molar-refractivity contribution in [2.45, 2.75) is 19.5 Å². The van der Waals surface area contributed by atoms with Crippen molar-refractivity contribution in [1.82, 2.24) is 9.97 Å². The molecule has 0 bridgehead atoms. The molecule has 82 valence electrons. The molecule has 1 aromatic heterocycles. The van der Waals surface area contributed by atoms with Crippen molar-refractivity contribution in [3.8, 4) is 0 Å². The number of ether oxygens (including phenoxy) is 1. The number of rotatable bonds is 2. The summed E-state index contributed by atoms with van der Waals surface area (Å²) in [6, 6.07) is 0.348. The first kappa shape index (κ1) is 10.3. The van der Waals surface area contributed by atoms with E-state index in [2.05, 4.69) is 21.8 Å². The van der Waals surface area contributed by atoms with E-state index in [4.69, 9.17) is 10.5 Å². The van der Waals surface area contributed by atoms with Gasteiger partial charge in [0.1, 0.15) is 5.82 Å². The van der Waals surface area contributed by atoms with Crippen LogP contribution in [0.2, 0.25) is 0 Å². The highest BCUT2D eigenvalue weighted by Gasteiger charge is 2.20. The van der Waals surface area contributed by atoms with Gasteiger partial charge >= 0.3 is 0 Å². The van der Waals surface area contributed by atoms with Crippen LogP contribution in [-0.2, 0) is 11.3 Å². The molecule has 0 aromatic carbocycles. The Balaban J connectivity index is 2.19. The normalized spacial score (nSPS) is 21.7. The van der Waals surface area contributed by atoms with E-state index in [-0.39, 0.29) is 0 Å². The first-order chi connectivity index (χ1) is 7.31. The van der Waals surface area contributed by atoms with Gasteiger partial charge in [0.05, 0.1) is 31.1 Å². The van der Waals surface area contributed by atoms with Crippen LogP contribution in [0.4, 0.5) is 5.82 Å². The van der Waals surface area contributed by atoms with Crippen molar-refractivity contribution >= 4 is 5.82 Å². The molecule has 1 fully saturated rings. The Morgan fingerprint density at radius 3 is 3.20 bits per heavy atom. The SMILES string of the molecule is CC1COCCN1c1cncc(CN)n1. The van der Waals surface area contributed by atoms with Crippen LogP contribution < -0.4 is 10.6 Å². The maximum absolute atomic E-state index is 5.54. The van der Waals surface area contributed by atoms with E-state index in [1.165, 1.54) is 0 Å². The van der Waals surface area contributed by atoms with Gasteiger partial charge in [-0.15, -0.1) is 0 Å². The van der Waals surface area contributed by atoms with Crippen LogP contribution in [-0.4, -0.2) is 35.8 Å². The van der Waals surface area contributed by atoms with Crippen LogP contribution in [0.3, 0.4) is 0 Å². The monoisotopic (exact) mass is 208 g/mol. The fraction of sp³-hybridized carbons (Fsp3) is 0.600. The van der Waals surface area contributed by atoms with Crippen LogP contribution >= 0.6 is 0 Å². The third-order valence-electron chi connectivity index (χ3n) is 2.54. The van der Waals surface area contributed by atoms with Gasteiger partial charge in [0.25, 0.3) is 0 Å². The van der Waals surface area contributed by atoms with E-state index in [9.17, 15) is 0 Å². The third kappa shape index (κ3) is 2.24. The molecule has 0 spiro atoms. The highest BCUT2D eigenvalue weighted by Crippen LogP contribution is 2.16. The van der Waals surface area contributed by atoms with Crippen LogP contribution in [0.5, 0.6) is 0 Å². The second-order valence-corrected chi connectivity index (χ2v) is 3.69. The lowest BCUT2D eigenvalue weighted by molar-refractivity contribution is 0.0985. The molecular formula is C10H16N4O. The largest absolute Gasteiger partial charge is 0.377 e. The van der Waals surface area contributed by atoms with E-state index in [1.807, 2.05) is 0 Å². The second kappa shape index (κ2) is 4.55. The molecule has 2 heterocycles. The number of nitrogens with zero attached hydrogens (tertiary/aromatic N) is 3. The van der Waals surface area contributed by atoms with Gasteiger partial charge in [-0.2, -0.15) is 0 Å². The molecule has 15 heavy (non-hydrogen) atoms. The van der Waals surface area contributed by atoms with Gasteiger partial charge in [-0.05, 0) is 6.92 Å². The lowest BCUT2D eigenvalue weighted by atomic mass is 10.2. The van der Waals surface area contributed by atoms with Gasteiger partial charge in [0.15, 0.2) is 0 Å². The zero-order valence-electron chi connectivity index (χ0n) is 8.89. The summed E-state index contributed by atoms with van der Waals surface area (Å²) in [6.45, 7) is 4.91. The van der Waals surface area contributed by atoms with Crippen LogP contribution in [0, 0.1) is 0 Å². The van der Waals surface area contributed by atoms with Gasteiger partial charge in [-0.3, -0.25) is 4.98 Å². The Kier molecular flexibility index (Phi) is 3.13. The molecule has 5 nitrogen and oxygen atoms in total. The number of anilines is 1. The summed E-state index contributed by atoms with van der Waals surface area (Å²) in [5.74, 6) is 0.897. The van der Waals surface area contributed by atoms with Crippen molar-refractivity contribution < 1.29 is 4.74 Å². The highest BCUT2D eigenvalue weighted by molar-refractivity contribution is 5.38. The summed E-state index contributed by atoms with van der Waals surface area (Å²) in [5.41, 5.74) is 6.36. The number of morpholine rings is 1. The predicted octanol–water partition coefficient (Wildman–Crippen LogP) is 0.160. The Morgan fingerprint density at radius 1 is 1.60 bits per heavy atom. The lowest BCUT2D eigenvalue weighted by Crippen LogP contribution is -2.44. The first-order valence-corrected chi connectivity index (χ1v) is 5.16. The molecule has 0 saturated carbocycles. The number of hydrogen-bond donors (Lipinski definition) is 1. The van der Waals surface area contributed by atoms with E-state index in [0.717, 1.165) is 31.3 Å². The van der Waals surface area contributed by atoms with Crippen molar-refractivity contribution in [3.05, 3.63) is 18.1 Å². The molecular weight excluding hydrogens is 192 g/mol. The predicted molar refractivity (Wildman–Crippen MR) is 57.6 cm³/mol. The summed E-state index contributed by atoms with van der Waals surface area (Å²) in [6.07, 6.45) is 3.48. The fourth-order valence-corrected chi connectivity index (χ4v) is 1.70. The Labute approximate surface area is 89.3 Å². The van der Waals surface area contributed by atoms with Gasteiger partial charge in [-0.1, -0.05) is 0 Å². The summed E-state index contributed by atoms with van der Waals surface area (Å²) in [7, 11) is 0. The summed E-state index contributed by atoms with van der Waals surface area (Å²) in [4.78, 5) is 10.8. The fourth-order valence-electron chi connectivity index (χ4n) is 1.70. The molecule has 5 heteroatoms. The van der Waals surface area contributed by atoms with E-state index in [1.54, 1.807) is 12.4 Å². The molecule has 0 aliphatic carbocycles. The Morgan fingerprint density at radius 2 is 2.47 bits per heavy atom. The quantitative estimate of drug-likeness (QED) is 0.750.